The second-order valence-corrected chi connectivity index (χ2v) is 6.08. The monoisotopic (exact) mass is 320 g/mol. The summed E-state index contributed by atoms with van der Waals surface area (Å²) in [6.07, 6.45) is 0. The van der Waals surface area contributed by atoms with Gasteiger partial charge in [0.25, 0.3) is 5.91 Å². The Morgan fingerprint density at radius 3 is 2.62 bits per heavy atom. The first-order valence-electron chi connectivity index (χ1n) is 6.48. The predicted molar refractivity (Wildman–Crippen MR) is 87.5 cm³/mol. The highest BCUT2D eigenvalue weighted by Gasteiger charge is 2.18. The van der Waals surface area contributed by atoms with Crippen molar-refractivity contribution in [3.8, 4) is 0 Å². The Kier molecular flexibility index (Phi) is 4.98. The van der Waals surface area contributed by atoms with Crippen molar-refractivity contribution in [3.63, 3.8) is 0 Å². The van der Waals surface area contributed by atoms with Gasteiger partial charge in [0.15, 0.2) is 0 Å². The number of nitrogens with one attached hydrogen (secondary N) is 1. The molecule has 1 heterocycles. The van der Waals surface area contributed by atoms with Crippen molar-refractivity contribution in [1.82, 2.24) is 14.9 Å². The molecule has 21 heavy (non-hydrogen) atoms. The Bertz CT molecular complexity index is 649. The molecule has 1 amide bonds. The molecule has 3 N–H and O–H groups in total. The van der Waals surface area contributed by atoms with E-state index in [-0.39, 0.29) is 11.8 Å². The van der Waals surface area contributed by atoms with Gasteiger partial charge in [-0.05, 0) is 23.0 Å². The molecule has 0 aliphatic heterocycles. The van der Waals surface area contributed by atoms with E-state index < -0.39 is 0 Å². The summed E-state index contributed by atoms with van der Waals surface area (Å²) in [4.78, 5) is 13.1. The van der Waals surface area contributed by atoms with E-state index in [4.69, 9.17) is 18.0 Å². The van der Waals surface area contributed by atoms with Crippen LogP contribution in [-0.4, -0.2) is 20.5 Å². The Labute approximate surface area is 132 Å². The van der Waals surface area contributed by atoms with Crippen LogP contribution in [0, 0.1) is 0 Å². The molecular formula is C14H16N4OS2. The van der Waals surface area contributed by atoms with Crippen molar-refractivity contribution < 1.29 is 4.79 Å². The van der Waals surface area contributed by atoms with Crippen molar-refractivity contribution in [1.29, 1.82) is 0 Å². The Morgan fingerprint density at radius 1 is 1.38 bits per heavy atom. The number of thiocarbonyl (C=S) groups is 1. The van der Waals surface area contributed by atoms with Crippen LogP contribution in [0.15, 0.2) is 24.3 Å². The van der Waals surface area contributed by atoms with E-state index in [0.717, 1.165) is 28.4 Å². The molecule has 2 aromatic rings. The maximum Gasteiger partial charge on any atom is 0.265 e. The van der Waals surface area contributed by atoms with Gasteiger partial charge in [0, 0.05) is 12.1 Å². The van der Waals surface area contributed by atoms with E-state index >= 15 is 0 Å². The van der Waals surface area contributed by atoms with Crippen LogP contribution in [0.2, 0.25) is 0 Å². The molecule has 110 valence electrons. The summed E-state index contributed by atoms with van der Waals surface area (Å²) in [7, 11) is 0. The number of benzene rings is 1. The van der Waals surface area contributed by atoms with Crippen LogP contribution in [0.25, 0.3) is 0 Å². The zero-order valence-corrected chi connectivity index (χ0v) is 13.4. The van der Waals surface area contributed by atoms with E-state index in [2.05, 4.69) is 14.9 Å². The summed E-state index contributed by atoms with van der Waals surface area (Å²) in [6.45, 7) is 4.41. The van der Waals surface area contributed by atoms with E-state index in [1.807, 2.05) is 38.1 Å². The fraction of sp³-hybridized carbons (Fsp3) is 0.286. The highest BCUT2D eigenvalue weighted by atomic mass is 32.1. The van der Waals surface area contributed by atoms with Crippen molar-refractivity contribution in [2.45, 2.75) is 26.3 Å². The smallest absolute Gasteiger partial charge is 0.265 e. The molecule has 2 rings (SSSR count). The minimum absolute atomic E-state index is 0.146. The molecule has 0 saturated heterocycles. The minimum atomic E-state index is -0.146. The summed E-state index contributed by atoms with van der Waals surface area (Å²) in [5, 5.41) is 6.87. The average molecular weight is 320 g/mol. The summed E-state index contributed by atoms with van der Waals surface area (Å²) in [6, 6.07) is 7.47. The van der Waals surface area contributed by atoms with Gasteiger partial charge >= 0.3 is 0 Å². The quantitative estimate of drug-likeness (QED) is 0.826. The second kappa shape index (κ2) is 6.73. The van der Waals surface area contributed by atoms with Crippen LogP contribution in [0.4, 0.5) is 0 Å². The minimum Gasteiger partial charge on any atom is -0.389 e. The third-order valence-electron chi connectivity index (χ3n) is 2.96. The number of carbonyl (C=O) groups is 1. The molecule has 0 aliphatic rings. The lowest BCUT2D eigenvalue weighted by molar-refractivity contribution is 0.0953. The Hall–Kier alpha value is -1.86. The Morgan fingerprint density at radius 2 is 2.05 bits per heavy atom. The standard InChI is InChI=1S/C14H16N4OS2/c1-8(2)11-12(21-18-17-11)14(19)16-7-9-3-5-10(6-4-9)13(15)20/h3-6,8H,7H2,1-2H3,(H2,15,20)(H,16,19). The average Bonchev–Trinajstić information content (AvgIpc) is 2.95. The molecule has 0 unspecified atom stereocenters. The van der Waals surface area contributed by atoms with Crippen LogP contribution in [0.1, 0.15) is 46.3 Å². The third-order valence-corrected chi connectivity index (χ3v) is 3.93. The number of carbonyl (C=O) groups excluding carboxylic acids is 1. The number of hydrogen-bond acceptors (Lipinski definition) is 5. The van der Waals surface area contributed by atoms with E-state index in [1.54, 1.807) is 0 Å². The molecular weight excluding hydrogens is 304 g/mol. The van der Waals surface area contributed by atoms with Crippen molar-refractivity contribution in [3.05, 3.63) is 46.0 Å². The fourth-order valence-corrected chi connectivity index (χ4v) is 2.65. The van der Waals surface area contributed by atoms with Gasteiger partial charge in [0.05, 0.1) is 5.69 Å². The molecule has 1 aromatic heterocycles. The highest BCUT2D eigenvalue weighted by Crippen LogP contribution is 2.19. The van der Waals surface area contributed by atoms with Gasteiger partial charge < -0.3 is 11.1 Å². The summed E-state index contributed by atoms with van der Waals surface area (Å²) in [5.74, 6) is 0.0291. The summed E-state index contributed by atoms with van der Waals surface area (Å²) in [5.41, 5.74) is 8.07. The van der Waals surface area contributed by atoms with Gasteiger partial charge in [0.2, 0.25) is 0 Å². The number of rotatable bonds is 5. The normalized spacial score (nSPS) is 10.6. The molecule has 0 radical (unpaired) electrons. The molecule has 0 spiro atoms. The van der Waals surface area contributed by atoms with E-state index in [9.17, 15) is 4.79 Å². The van der Waals surface area contributed by atoms with Gasteiger partial charge in [-0.15, -0.1) is 5.10 Å². The third kappa shape index (κ3) is 3.83. The predicted octanol–water partition coefficient (Wildman–Crippen LogP) is 2.23. The number of nitrogens with two attached hydrogens (primary N) is 1. The van der Waals surface area contributed by atoms with Gasteiger partial charge in [0.1, 0.15) is 9.87 Å². The molecule has 1 aromatic carbocycles. The van der Waals surface area contributed by atoms with Gasteiger partial charge in [-0.3, -0.25) is 4.79 Å². The molecule has 5 nitrogen and oxygen atoms in total. The molecule has 0 atom stereocenters. The lowest BCUT2D eigenvalue weighted by atomic mass is 10.1. The second-order valence-electron chi connectivity index (χ2n) is 4.89. The van der Waals surface area contributed by atoms with Crippen LogP contribution in [-0.2, 0) is 6.54 Å². The molecule has 7 heteroatoms. The zero-order chi connectivity index (χ0) is 15.4. The lowest BCUT2D eigenvalue weighted by Crippen LogP contribution is -2.23. The van der Waals surface area contributed by atoms with E-state index in [0.29, 0.717) is 16.4 Å². The van der Waals surface area contributed by atoms with Gasteiger partial charge in [-0.25, -0.2) is 0 Å². The SMILES string of the molecule is CC(C)c1nnsc1C(=O)NCc1ccc(C(N)=S)cc1. The van der Waals surface area contributed by atoms with Crippen molar-refractivity contribution in [2.24, 2.45) is 5.73 Å². The molecule has 0 bridgehead atoms. The maximum absolute atomic E-state index is 12.2. The van der Waals surface area contributed by atoms with Crippen molar-refractivity contribution in [2.75, 3.05) is 0 Å². The zero-order valence-electron chi connectivity index (χ0n) is 11.8. The molecule has 0 aliphatic carbocycles. The maximum atomic E-state index is 12.2. The summed E-state index contributed by atoms with van der Waals surface area (Å²) >= 11 is 6.02. The number of nitrogens with zero attached hydrogens (tertiary/aromatic N) is 2. The van der Waals surface area contributed by atoms with Crippen LogP contribution >= 0.6 is 23.8 Å². The fourth-order valence-electron chi connectivity index (χ4n) is 1.78. The first kappa shape index (κ1) is 15.5. The van der Waals surface area contributed by atoms with E-state index in [1.165, 1.54) is 0 Å². The topological polar surface area (TPSA) is 80.9 Å². The first-order chi connectivity index (χ1) is 9.99. The molecule has 0 saturated carbocycles. The van der Waals surface area contributed by atoms with Crippen LogP contribution < -0.4 is 11.1 Å². The largest absolute Gasteiger partial charge is 0.389 e. The molecule has 0 fully saturated rings. The van der Waals surface area contributed by atoms with Crippen LogP contribution in [0.5, 0.6) is 0 Å². The Balaban J connectivity index is 2.00. The lowest BCUT2D eigenvalue weighted by Gasteiger charge is -2.07. The van der Waals surface area contributed by atoms with Gasteiger partial charge in [-0.1, -0.05) is 54.8 Å². The van der Waals surface area contributed by atoms with Crippen LogP contribution in [0.3, 0.4) is 0 Å². The number of hydrogen-bond donors (Lipinski definition) is 2. The first-order valence-corrected chi connectivity index (χ1v) is 7.66. The number of amides is 1. The van der Waals surface area contributed by atoms with Crippen molar-refractivity contribution >= 4 is 34.6 Å². The van der Waals surface area contributed by atoms with Gasteiger partial charge in [-0.2, -0.15) is 0 Å². The highest BCUT2D eigenvalue weighted by molar-refractivity contribution is 7.80. The number of aromatic nitrogens is 2. The summed E-state index contributed by atoms with van der Waals surface area (Å²) < 4.78 is 3.85.